The minimum atomic E-state index is -0.455. The summed E-state index contributed by atoms with van der Waals surface area (Å²) in [6.45, 7) is 2.37. The molecule has 0 radical (unpaired) electrons. The molecule has 0 bridgehead atoms. The SMILES string of the molecule is CCCOC(=O)Nc1ncc(Br)s1. The van der Waals surface area contributed by atoms with Gasteiger partial charge in [-0.1, -0.05) is 18.3 Å². The van der Waals surface area contributed by atoms with Crippen molar-refractivity contribution in [2.75, 3.05) is 11.9 Å². The highest BCUT2D eigenvalue weighted by atomic mass is 79.9. The first kappa shape index (κ1) is 10.5. The van der Waals surface area contributed by atoms with Crippen LogP contribution in [0, 0.1) is 0 Å². The van der Waals surface area contributed by atoms with Crippen molar-refractivity contribution in [3.05, 3.63) is 9.98 Å². The van der Waals surface area contributed by atoms with Crippen molar-refractivity contribution >= 4 is 38.5 Å². The van der Waals surface area contributed by atoms with Crippen molar-refractivity contribution in [2.45, 2.75) is 13.3 Å². The third kappa shape index (κ3) is 3.73. The molecule has 1 heterocycles. The number of hydrogen-bond donors (Lipinski definition) is 1. The average molecular weight is 265 g/mol. The first-order chi connectivity index (χ1) is 6.22. The molecule has 0 aliphatic rings. The number of hydrogen-bond acceptors (Lipinski definition) is 4. The van der Waals surface area contributed by atoms with Crippen LogP contribution in [0.15, 0.2) is 9.98 Å². The summed E-state index contributed by atoms with van der Waals surface area (Å²) in [5.74, 6) is 0. The number of rotatable bonds is 3. The van der Waals surface area contributed by atoms with Gasteiger partial charge in [0.2, 0.25) is 0 Å². The Hall–Kier alpha value is -0.620. The summed E-state index contributed by atoms with van der Waals surface area (Å²) in [6, 6.07) is 0. The highest BCUT2D eigenvalue weighted by Gasteiger charge is 2.05. The number of aromatic nitrogens is 1. The summed E-state index contributed by atoms with van der Waals surface area (Å²) in [7, 11) is 0. The van der Waals surface area contributed by atoms with Crippen molar-refractivity contribution < 1.29 is 9.53 Å². The maximum Gasteiger partial charge on any atom is 0.413 e. The summed E-state index contributed by atoms with van der Waals surface area (Å²) in [6.07, 6.45) is 1.98. The molecule has 13 heavy (non-hydrogen) atoms. The van der Waals surface area contributed by atoms with Crippen LogP contribution in [0.1, 0.15) is 13.3 Å². The third-order valence-corrected chi connectivity index (χ3v) is 2.52. The van der Waals surface area contributed by atoms with Crippen LogP contribution in [0.2, 0.25) is 0 Å². The van der Waals surface area contributed by atoms with Gasteiger partial charge in [0.1, 0.15) is 0 Å². The lowest BCUT2D eigenvalue weighted by Gasteiger charge is -2.01. The Balaban J connectivity index is 2.36. The van der Waals surface area contributed by atoms with Crippen LogP contribution in [0.25, 0.3) is 0 Å². The number of halogens is 1. The zero-order chi connectivity index (χ0) is 9.68. The summed E-state index contributed by atoms with van der Waals surface area (Å²) in [5.41, 5.74) is 0. The number of thiazole rings is 1. The third-order valence-electron chi connectivity index (χ3n) is 1.12. The molecule has 0 saturated carbocycles. The molecule has 0 spiro atoms. The van der Waals surface area contributed by atoms with Crippen LogP contribution in [0.4, 0.5) is 9.93 Å². The maximum absolute atomic E-state index is 11.0. The number of carbonyl (C=O) groups is 1. The Kier molecular flexibility index (Phi) is 4.17. The summed E-state index contributed by atoms with van der Waals surface area (Å²) in [4.78, 5) is 14.9. The molecule has 0 unspecified atom stereocenters. The molecular weight excluding hydrogens is 256 g/mol. The second kappa shape index (κ2) is 5.18. The quantitative estimate of drug-likeness (QED) is 0.914. The molecule has 1 amide bonds. The zero-order valence-corrected chi connectivity index (χ0v) is 9.44. The molecule has 1 rings (SSSR count). The normalized spacial score (nSPS) is 9.69. The Morgan fingerprint density at radius 2 is 2.62 bits per heavy atom. The summed E-state index contributed by atoms with van der Waals surface area (Å²) >= 11 is 4.58. The van der Waals surface area contributed by atoms with E-state index in [9.17, 15) is 4.79 Å². The van der Waals surface area contributed by atoms with Gasteiger partial charge in [0.15, 0.2) is 5.13 Å². The van der Waals surface area contributed by atoms with Crippen LogP contribution in [-0.2, 0) is 4.74 Å². The standard InChI is InChI=1S/C7H9BrN2O2S/c1-2-3-12-7(11)10-6-9-4-5(8)13-6/h4H,2-3H2,1H3,(H,9,10,11). The van der Waals surface area contributed by atoms with E-state index in [0.717, 1.165) is 10.2 Å². The number of anilines is 1. The molecule has 0 aliphatic heterocycles. The average Bonchev–Trinajstić information content (AvgIpc) is 2.48. The zero-order valence-electron chi connectivity index (χ0n) is 7.04. The van der Waals surface area contributed by atoms with Crippen LogP contribution in [0.3, 0.4) is 0 Å². The smallest absolute Gasteiger partial charge is 0.413 e. The van der Waals surface area contributed by atoms with Gasteiger partial charge in [-0.05, 0) is 22.4 Å². The lowest BCUT2D eigenvalue weighted by molar-refractivity contribution is 0.161. The summed E-state index contributed by atoms with van der Waals surface area (Å²) in [5, 5.41) is 3.05. The Bertz CT molecular complexity index is 290. The second-order valence-electron chi connectivity index (χ2n) is 2.23. The monoisotopic (exact) mass is 264 g/mol. The Labute approximate surface area is 88.4 Å². The van der Waals surface area contributed by atoms with Crippen molar-refractivity contribution in [3.8, 4) is 0 Å². The predicted octanol–water partition coefficient (Wildman–Crippen LogP) is 2.86. The summed E-state index contributed by atoms with van der Waals surface area (Å²) < 4.78 is 5.68. The number of amides is 1. The molecule has 4 nitrogen and oxygen atoms in total. The van der Waals surface area contributed by atoms with E-state index in [-0.39, 0.29) is 0 Å². The molecule has 0 aliphatic carbocycles. The second-order valence-corrected chi connectivity index (χ2v) is 4.64. The fourth-order valence-corrected chi connectivity index (χ4v) is 1.72. The molecule has 0 fully saturated rings. The van der Waals surface area contributed by atoms with Gasteiger partial charge >= 0.3 is 6.09 Å². The van der Waals surface area contributed by atoms with Crippen LogP contribution in [0.5, 0.6) is 0 Å². The highest BCUT2D eigenvalue weighted by Crippen LogP contribution is 2.22. The minimum absolute atomic E-state index is 0.429. The van der Waals surface area contributed by atoms with Crippen LogP contribution in [-0.4, -0.2) is 17.7 Å². The number of nitrogens with zero attached hydrogens (tertiary/aromatic N) is 1. The lowest BCUT2D eigenvalue weighted by Crippen LogP contribution is -2.13. The molecule has 6 heteroatoms. The molecular formula is C7H9BrN2O2S. The molecule has 1 aromatic heterocycles. The van der Waals surface area contributed by atoms with Crippen LogP contribution < -0.4 is 5.32 Å². The topological polar surface area (TPSA) is 51.2 Å². The largest absolute Gasteiger partial charge is 0.449 e. The number of ether oxygens (including phenoxy) is 1. The molecule has 0 saturated heterocycles. The van der Waals surface area contributed by atoms with Gasteiger partial charge < -0.3 is 4.74 Å². The molecule has 0 atom stereocenters. The minimum Gasteiger partial charge on any atom is -0.449 e. The van der Waals surface area contributed by atoms with Crippen molar-refractivity contribution in [1.29, 1.82) is 0 Å². The van der Waals surface area contributed by atoms with Gasteiger partial charge in [0, 0.05) is 0 Å². The van der Waals surface area contributed by atoms with Gasteiger partial charge in [-0.15, -0.1) is 0 Å². The fourth-order valence-electron chi connectivity index (χ4n) is 0.630. The van der Waals surface area contributed by atoms with Crippen molar-refractivity contribution in [2.24, 2.45) is 0 Å². The van der Waals surface area contributed by atoms with Crippen molar-refractivity contribution in [1.82, 2.24) is 4.98 Å². The van der Waals surface area contributed by atoms with Gasteiger partial charge in [-0.3, -0.25) is 5.32 Å². The molecule has 0 aromatic carbocycles. The maximum atomic E-state index is 11.0. The predicted molar refractivity (Wildman–Crippen MR) is 55.1 cm³/mol. The van der Waals surface area contributed by atoms with Crippen LogP contribution >= 0.6 is 27.3 Å². The van der Waals surface area contributed by atoms with Gasteiger partial charge in [0.05, 0.1) is 16.6 Å². The number of carbonyl (C=O) groups excluding carboxylic acids is 1. The number of nitrogens with one attached hydrogen (secondary N) is 1. The Morgan fingerprint density at radius 1 is 1.85 bits per heavy atom. The Morgan fingerprint density at radius 3 is 3.15 bits per heavy atom. The first-order valence-corrected chi connectivity index (χ1v) is 5.38. The van der Waals surface area contributed by atoms with E-state index in [0.29, 0.717) is 11.7 Å². The molecule has 1 N–H and O–H groups in total. The molecule has 72 valence electrons. The van der Waals surface area contributed by atoms with Gasteiger partial charge in [-0.2, -0.15) is 0 Å². The van der Waals surface area contributed by atoms with E-state index in [1.165, 1.54) is 11.3 Å². The van der Waals surface area contributed by atoms with Crippen molar-refractivity contribution in [3.63, 3.8) is 0 Å². The lowest BCUT2D eigenvalue weighted by atomic mass is 10.5. The van der Waals surface area contributed by atoms with E-state index in [1.807, 2.05) is 6.92 Å². The van der Waals surface area contributed by atoms with Gasteiger partial charge in [0.25, 0.3) is 0 Å². The fraction of sp³-hybridized carbons (Fsp3) is 0.429. The van der Waals surface area contributed by atoms with Gasteiger partial charge in [-0.25, -0.2) is 9.78 Å². The molecule has 1 aromatic rings. The van der Waals surface area contributed by atoms with E-state index in [2.05, 4.69) is 26.2 Å². The van der Waals surface area contributed by atoms with E-state index >= 15 is 0 Å². The highest BCUT2D eigenvalue weighted by molar-refractivity contribution is 9.11. The van der Waals surface area contributed by atoms with E-state index < -0.39 is 6.09 Å². The van der Waals surface area contributed by atoms with E-state index in [1.54, 1.807) is 6.20 Å². The van der Waals surface area contributed by atoms with E-state index in [4.69, 9.17) is 4.74 Å². The first-order valence-electron chi connectivity index (χ1n) is 3.77.